The van der Waals surface area contributed by atoms with Gasteiger partial charge in [0.1, 0.15) is 11.2 Å². The van der Waals surface area contributed by atoms with E-state index in [1.54, 1.807) is 0 Å². The third-order valence-corrected chi connectivity index (χ3v) is 13.6. The summed E-state index contributed by atoms with van der Waals surface area (Å²) in [5.41, 5.74) is 19.4. The summed E-state index contributed by atoms with van der Waals surface area (Å²) in [6, 6.07) is 82.1. The lowest BCUT2D eigenvalue weighted by Gasteiger charge is -2.31. The number of fused-ring (bicyclic) bond motifs is 4. The van der Waals surface area contributed by atoms with Crippen molar-refractivity contribution < 1.29 is 4.42 Å². The Labute approximate surface area is 400 Å². The van der Waals surface area contributed by atoms with Gasteiger partial charge in [-0.1, -0.05) is 230 Å². The smallest absolute Gasteiger partial charge is 0.135 e. The van der Waals surface area contributed by atoms with Crippen LogP contribution in [0.3, 0.4) is 0 Å². The maximum Gasteiger partial charge on any atom is 0.135 e. The number of hydrogen-bond donors (Lipinski definition) is 0. The van der Waals surface area contributed by atoms with E-state index in [2.05, 4.69) is 265 Å². The van der Waals surface area contributed by atoms with Crippen LogP contribution in [-0.4, -0.2) is 0 Å². The van der Waals surface area contributed by atoms with Gasteiger partial charge in [-0.3, -0.25) is 0 Å². The van der Waals surface area contributed by atoms with Gasteiger partial charge in [-0.05, 0) is 114 Å². The number of rotatable bonds is 8. The van der Waals surface area contributed by atoms with Gasteiger partial charge in [0.25, 0.3) is 0 Å². The van der Waals surface area contributed by atoms with Gasteiger partial charge < -0.3 is 9.32 Å². The normalized spacial score (nSPS) is 12.0. The average molecular weight is 878 g/mol. The Morgan fingerprint density at radius 1 is 0.324 bits per heavy atom. The molecule has 0 aliphatic carbocycles. The Morgan fingerprint density at radius 2 is 0.794 bits per heavy atom. The van der Waals surface area contributed by atoms with Gasteiger partial charge in [-0.25, -0.2) is 0 Å². The van der Waals surface area contributed by atoms with Gasteiger partial charge in [0.15, 0.2) is 0 Å². The highest BCUT2D eigenvalue weighted by molar-refractivity contribution is 6.11. The SMILES string of the molecule is CC(C)(C)c1cc(-c2cccc3cccc(-c4ccccc4N(c4ccc5oc6ccccc6c5c4)c4ccccc4-c4ccccc4-c4ccccc4-c4ccccc4)c23)cc(C(C)(C)C)c1. The number of nitrogens with zero attached hydrogens (tertiary/aromatic N) is 1. The molecule has 1 heterocycles. The highest BCUT2D eigenvalue weighted by Crippen LogP contribution is 2.50. The molecule has 0 saturated heterocycles. The quantitative estimate of drug-likeness (QED) is 0.151. The third-order valence-electron chi connectivity index (χ3n) is 13.6. The molecule has 11 rings (SSSR count). The van der Waals surface area contributed by atoms with Crippen molar-refractivity contribution in [1.29, 1.82) is 0 Å². The summed E-state index contributed by atoms with van der Waals surface area (Å²) in [5, 5.41) is 4.62. The number of benzene rings is 10. The molecule has 0 saturated carbocycles. The molecular weight excluding hydrogens is 823 g/mol. The highest BCUT2D eigenvalue weighted by atomic mass is 16.3. The fraction of sp³-hybridized carbons (Fsp3) is 0.121. The van der Waals surface area contributed by atoms with Gasteiger partial charge in [-0.2, -0.15) is 0 Å². The van der Waals surface area contributed by atoms with Crippen LogP contribution in [0.2, 0.25) is 0 Å². The molecule has 0 aliphatic heterocycles. The average Bonchev–Trinajstić information content (AvgIpc) is 3.74. The summed E-state index contributed by atoms with van der Waals surface area (Å²) < 4.78 is 6.44. The predicted octanol–water partition coefficient (Wildman–Crippen LogP) is 19.1. The van der Waals surface area contributed by atoms with Crippen molar-refractivity contribution in [2.24, 2.45) is 0 Å². The molecule has 2 nitrogen and oxygen atoms in total. The number of hydrogen-bond acceptors (Lipinski definition) is 2. The van der Waals surface area contributed by atoms with E-state index >= 15 is 0 Å². The van der Waals surface area contributed by atoms with Crippen LogP contribution in [0, 0.1) is 0 Å². The monoisotopic (exact) mass is 877 g/mol. The third kappa shape index (κ3) is 7.76. The van der Waals surface area contributed by atoms with Gasteiger partial charge in [0, 0.05) is 27.6 Å². The number of para-hydroxylation sites is 3. The Bertz CT molecular complexity index is 3620. The van der Waals surface area contributed by atoms with Crippen LogP contribution < -0.4 is 4.90 Å². The first-order valence-electron chi connectivity index (χ1n) is 23.8. The van der Waals surface area contributed by atoms with E-state index in [0.29, 0.717) is 0 Å². The summed E-state index contributed by atoms with van der Waals surface area (Å²) in [5.74, 6) is 0. The fourth-order valence-corrected chi connectivity index (χ4v) is 10.0. The summed E-state index contributed by atoms with van der Waals surface area (Å²) in [6.45, 7) is 13.9. The first kappa shape index (κ1) is 42.7. The lowest BCUT2D eigenvalue weighted by atomic mass is 9.78. The molecule has 0 bridgehead atoms. The standard InChI is InChI=1S/C66H55NO/c1-65(2,3)47-40-46(41-48(42-47)66(4,5)6)51-33-20-24-45-25-21-34-58(64(45)51)56-31-15-18-36-61(56)67(49-38-39-63-59(43-49)57-32-16-19-37-62(57)68-63)60-35-17-14-30-55(60)54-29-13-12-28-53(54)52-27-11-10-26-50(52)44-22-8-7-9-23-44/h7-43H,1-6H3. The topological polar surface area (TPSA) is 16.4 Å². The van der Waals surface area contributed by atoms with E-state index in [1.807, 2.05) is 6.07 Å². The molecule has 0 atom stereocenters. The van der Waals surface area contributed by atoms with E-state index in [1.165, 1.54) is 60.8 Å². The van der Waals surface area contributed by atoms with Crippen LogP contribution >= 0.6 is 0 Å². The molecule has 11 aromatic rings. The second kappa shape index (κ2) is 17.0. The number of anilines is 3. The minimum atomic E-state index is -0.0203. The zero-order chi connectivity index (χ0) is 46.6. The van der Waals surface area contributed by atoms with Crippen molar-refractivity contribution in [2.75, 3.05) is 4.90 Å². The zero-order valence-corrected chi connectivity index (χ0v) is 39.7. The van der Waals surface area contributed by atoms with E-state index in [0.717, 1.165) is 55.7 Å². The molecule has 0 aliphatic rings. The molecule has 330 valence electrons. The Morgan fingerprint density at radius 3 is 1.43 bits per heavy atom. The minimum absolute atomic E-state index is 0.0203. The second-order valence-electron chi connectivity index (χ2n) is 20.1. The molecule has 68 heavy (non-hydrogen) atoms. The first-order valence-corrected chi connectivity index (χ1v) is 23.8. The molecule has 0 amide bonds. The van der Waals surface area contributed by atoms with Crippen LogP contribution in [-0.2, 0) is 10.8 Å². The van der Waals surface area contributed by atoms with Gasteiger partial charge >= 0.3 is 0 Å². The van der Waals surface area contributed by atoms with Gasteiger partial charge in [-0.15, -0.1) is 0 Å². The van der Waals surface area contributed by atoms with Crippen LogP contribution in [0.5, 0.6) is 0 Å². The van der Waals surface area contributed by atoms with Crippen LogP contribution in [0.15, 0.2) is 229 Å². The van der Waals surface area contributed by atoms with Crippen molar-refractivity contribution in [3.05, 3.63) is 236 Å². The second-order valence-corrected chi connectivity index (χ2v) is 20.1. The molecule has 10 aromatic carbocycles. The molecule has 0 fully saturated rings. The molecule has 0 spiro atoms. The molecule has 1 aromatic heterocycles. The fourth-order valence-electron chi connectivity index (χ4n) is 10.0. The van der Waals surface area contributed by atoms with E-state index in [9.17, 15) is 0 Å². The summed E-state index contributed by atoms with van der Waals surface area (Å²) in [7, 11) is 0. The van der Waals surface area contributed by atoms with Crippen LogP contribution in [0.1, 0.15) is 52.7 Å². The summed E-state index contributed by atoms with van der Waals surface area (Å²) >= 11 is 0. The maximum absolute atomic E-state index is 6.44. The molecule has 0 N–H and O–H groups in total. The van der Waals surface area contributed by atoms with Crippen LogP contribution in [0.4, 0.5) is 17.1 Å². The Balaban J connectivity index is 1.18. The maximum atomic E-state index is 6.44. The van der Waals surface area contributed by atoms with Crippen LogP contribution in [0.25, 0.3) is 88.3 Å². The predicted molar refractivity (Wildman–Crippen MR) is 290 cm³/mol. The van der Waals surface area contributed by atoms with E-state index in [4.69, 9.17) is 4.42 Å². The van der Waals surface area contributed by atoms with Crippen molar-refractivity contribution in [1.82, 2.24) is 0 Å². The van der Waals surface area contributed by atoms with Gasteiger partial charge in [0.2, 0.25) is 0 Å². The lowest BCUT2D eigenvalue weighted by Crippen LogP contribution is -2.16. The van der Waals surface area contributed by atoms with Crippen molar-refractivity contribution in [3.8, 4) is 55.6 Å². The summed E-state index contributed by atoms with van der Waals surface area (Å²) in [4.78, 5) is 2.48. The van der Waals surface area contributed by atoms with Crippen molar-refractivity contribution in [2.45, 2.75) is 52.4 Å². The zero-order valence-electron chi connectivity index (χ0n) is 39.7. The van der Waals surface area contributed by atoms with Crippen molar-refractivity contribution in [3.63, 3.8) is 0 Å². The lowest BCUT2D eigenvalue weighted by molar-refractivity contribution is 0.569. The van der Waals surface area contributed by atoms with E-state index in [-0.39, 0.29) is 10.8 Å². The van der Waals surface area contributed by atoms with E-state index < -0.39 is 0 Å². The highest BCUT2D eigenvalue weighted by Gasteiger charge is 2.26. The summed E-state index contributed by atoms with van der Waals surface area (Å²) in [6.07, 6.45) is 0. The molecule has 2 heteroatoms. The molecule has 0 unspecified atom stereocenters. The number of furan rings is 1. The molecule has 0 radical (unpaired) electrons. The van der Waals surface area contributed by atoms with Gasteiger partial charge in [0.05, 0.1) is 11.4 Å². The largest absolute Gasteiger partial charge is 0.456 e. The molecular formula is C66H55NO. The minimum Gasteiger partial charge on any atom is -0.456 e. The Hall–Kier alpha value is -7.94. The van der Waals surface area contributed by atoms with Crippen molar-refractivity contribution >= 4 is 49.8 Å². The Kier molecular flexibility index (Phi) is 10.7. The first-order chi connectivity index (χ1) is 33.0.